The van der Waals surface area contributed by atoms with Gasteiger partial charge in [0.05, 0.1) is 13.1 Å². The monoisotopic (exact) mass is 800 g/mol. The molecule has 1 aromatic carbocycles. The third kappa shape index (κ3) is 13.8. The summed E-state index contributed by atoms with van der Waals surface area (Å²) in [7, 11) is 0. The van der Waals surface area contributed by atoms with E-state index in [2.05, 4.69) is 37.2 Å². The van der Waals surface area contributed by atoms with E-state index < -0.39 is 103 Å². The maximum absolute atomic E-state index is 13.9. The number of carbonyl (C=O) groups is 8. The van der Waals surface area contributed by atoms with E-state index in [0.717, 1.165) is 5.56 Å². The second-order valence-electron chi connectivity index (χ2n) is 15.5. The van der Waals surface area contributed by atoms with E-state index in [0.29, 0.717) is 18.6 Å². The second-order valence-corrected chi connectivity index (χ2v) is 16.5. The van der Waals surface area contributed by atoms with Gasteiger partial charge in [-0.25, -0.2) is 0 Å². The molecule has 7 N–H and O–H groups in total. The van der Waals surface area contributed by atoms with Gasteiger partial charge in [-0.1, -0.05) is 71.9 Å². The summed E-state index contributed by atoms with van der Waals surface area (Å²) in [4.78, 5) is 110. The van der Waals surface area contributed by atoms with Crippen molar-refractivity contribution in [1.82, 2.24) is 42.1 Å². The zero-order valence-corrected chi connectivity index (χ0v) is 34.4. The molecule has 1 aromatic rings. The van der Waals surface area contributed by atoms with Crippen molar-refractivity contribution < 1.29 is 38.4 Å². The van der Waals surface area contributed by atoms with Crippen molar-refractivity contribution in [2.75, 3.05) is 31.6 Å². The lowest BCUT2D eigenvalue weighted by atomic mass is 9.99. The van der Waals surface area contributed by atoms with E-state index in [1.54, 1.807) is 52.0 Å². The first-order chi connectivity index (χ1) is 26.5. The van der Waals surface area contributed by atoms with Crippen LogP contribution >= 0.6 is 11.8 Å². The molecule has 2 fully saturated rings. The number of hydrogen-bond donors (Lipinski definition) is 7. The van der Waals surface area contributed by atoms with Gasteiger partial charge in [0.15, 0.2) is 0 Å². The molecule has 6 atom stereocenters. The fourth-order valence-electron chi connectivity index (χ4n) is 6.63. The number of carbonyl (C=O) groups excluding carboxylic acids is 8. The van der Waals surface area contributed by atoms with Gasteiger partial charge in [-0.2, -0.15) is 11.8 Å². The number of amides is 8. The molecule has 310 valence electrons. The number of nitrogens with one attached hydrogen (secondary N) is 7. The normalized spacial score (nSPS) is 25.7. The third-order valence-electron chi connectivity index (χ3n) is 9.70. The highest BCUT2D eigenvalue weighted by molar-refractivity contribution is 7.98. The minimum atomic E-state index is -1.15. The summed E-state index contributed by atoms with van der Waals surface area (Å²) >= 11 is 1.46. The average molecular weight is 801 g/mol. The zero-order chi connectivity index (χ0) is 41.5. The van der Waals surface area contributed by atoms with Gasteiger partial charge in [0.25, 0.3) is 0 Å². The van der Waals surface area contributed by atoms with Crippen molar-refractivity contribution in [3.63, 3.8) is 0 Å². The molecule has 56 heavy (non-hydrogen) atoms. The summed E-state index contributed by atoms with van der Waals surface area (Å²) in [5.41, 5.74) is 0.732. The van der Waals surface area contributed by atoms with Gasteiger partial charge in [-0.15, -0.1) is 0 Å². The topological polar surface area (TPSA) is 224 Å². The highest BCUT2D eigenvalue weighted by Gasteiger charge is 2.39. The Balaban J connectivity index is 2.00. The van der Waals surface area contributed by atoms with Crippen molar-refractivity contribution in [2.24, 2.45) is 17.8 Å². The van der Waals surface area contributed by atoms with Crippen LogP contribution in [0, 0.1) is 17.8 Å². The fraction of sp³-hybridized carbons (Fsp3) is 0.641. The van der Waals surface area contributed by atoms with Gasteiger partial charge in [-0.3, -0.25) is 38.4 Å². The number of fused-ring (bicyclic) bond motifs is 1. The molecule has 0 radical (unpaired) electrons. The molecular formula is C39H60N8O8S. The molecule has 2 aliphatic heterocycles. The van der Waals surface area contributed by atoms with Gasteiger partial charge in [0.2, 0.25) is 47.3 Å². The van der Waals surface area contributed by atoms with Crippen LogP contribution in [0.2, 0.25) is 0 Å². The van der Waals surface area contributed by atoms with Crippen LogP contribution in [0.5, 0.6) is 0 Å². The zero-order valence-electron chi connectivity index (χ0n) is 33.6. The number of hydrogen-bond acceptors (Lipinski definition) is 9. The molecule has 0 unspecified atom stereocenters. The molecule has 0 saturated carbocycles. The van der Waals surface area contributed by atoms with E-state index in [-0.39, 0.29) is 37.6 Å². The lowest BCUT2D eigenvalue weighted by Gasteiger charge is -2.31. The molecule has 0 aromatic heterocycles. The Morgan fingerprint density at radius 2 is 1.25 bits per heavy atom. The van der Waals surface area contributed by atoms with Crippen LogP contribution in [0.3, 0.4) is 0 Å². The van der Waals surface area contributed by atoms with Gasteiger partial charge in [0, 0.05) is 13.0 Å². The number of thioether (sulfide) groups is 1. The maximum atomic E-state index is 13.9. The van der Waals surface area contributed by atoms with Gasteiger partial charge in [0.1, 0.15) is 36.3 Å². The fourth-order valence-corrected chi connectivity index (χ4v) is 7.10. The highest BCUT2D eigenvalue weighted by Crippen LogP contribution is 2.21. The highest BCUT2D eigenvalue weighted by atomic mass is 32.2. The lowest BCUT2D eigenvalue weighted by Crippen LogP contribution is -2.60. The molecule has 2 saturated heterocycles. The Morgan fingerprint density at radius 3 is 1.86 bits per heavy atom. The van der Waals surface area contributed by atoms with E-state index in [1.165, 1.54) is 16.7 Å². The van der Waals surface area contributed by atoms with Crippen molar-refractivity contribution in [1.29, 1.82) is 0 Å². The summed E-state index contributed by atoms with van der Waals surface area (Å²) in [6, 6.07) is 2.69. The van der Waals surface area contributed by atoms with E-state index in [4.69, 9.17) is 0 Å². The third-order valence-corrected chi connectivity index (χ3v) is 10.3. The van der Waals surface area contributed by atoms with Crippen LogP contribution < -0.4 is 37.2 Å². The van der Waals surface area contributed by atoms with Crippen molar-refractivity contribution in [2.45, 2.75) is 110 Å². The second kappa shape index (κ2) is 22.2. The molecule has 2 heterocycles. The first-order valence-corrected chi connectivity index (χ1v) is 20.8. The molecule has 17 heteroatoms. The van der Waals surface area contributed by atoms with Crippen LogP contribution in [0.25, 0.3) is 0 Å². The number of benzene rings is 1. The van der Waals surface area contributed by atoms with Crippen LogP contribution in [-0.2, 0) is 44.8 Å². The Morgan fingerprint density at radius 1 is 0.661 bits per heavy atom. The maximum Gasteiger partial charge on any atom is 0.246 e. The summed E-state index contributed by atoms with van der Waals surface area (Å²) < 4.78 is 0. The predicted octanol–water partition coefficient (Wildman–Crippen LogP) is 0.00130. The Kier molecular flexibility index (Phi) is 18.1. The standard InChI is InChI=1S/C39H60N8O8S/c1-22(2)18-27-36(52)46-32(23(3)4)38(54)43-26(15-17-56-7)35(51)44-28(19-25-12-9-8-10-13-25)34(50)40-21-31(49)45-33(24(5)6)39(55)47-16-11-14-29(47)37(53)41-20-30(48)42-27/h8-10,12-13,22-24,26-29,32-33H,11,14-21H2,1-7H3,(H,40,50)(H,41,53)(H,42,48)(H,43,54)(H,44,51)(H,45,49)(H,46,52)/t26-,27-,28-,29-,32-,33-/m0/s1. The molecule has 16 nitrogen and oxygen atoms in total. The van der Waals surface area contributed by atoms with Gasteiger partial charge in [-0.05, 0) is 61.0 Å². The average Bonchev–Trinajstić information content (AvgIpc) is 3.64. The lowest BCUT2D eigenvalue weighted by molar-refractivity contribution is -0.142. The minimum absolute atomic E-state index is 0.0353. The number of rotatable bonds is 9. The first-order valence-electron chi connectivity index (χ1n) is 19.4. The molecule has 8 amide bonds. The molecule has 0 aliphatic carbocycles. The van der Waals surface area contributed by atoms with Gasteiger partial charge < -0.3 is 42.1 Å². The molecular weight excluding hydrogens is 741 g/mol. The molecule has 0 bridgehead atoms. The van der Waals surface area contributed by atoms with Gasteiger partial charge >= 0.3 is 0 Å². The summed E-state index contributed by atoms with van der Waals surface area (Å²) in [6.07, 6.45) is 3.23. The molecule has 2 aliphatic rings. The van der Waals surface area contributed by atoms with E-state index >= 15 is 0 Å². The Hall–Kier alpha value is -4.67. The molecule has 3 rings (SSSR count). The summed E-state index contributed by atoms with van der Waals surface area (Å²) in [5, 5.41) is 18.9. The van der Waals surface area contributed by atoms with Crippen molar-refractivity contribution in [3.05, 3.63) is 35.9 Å². The van der Waals surface area contributed by atoms with Crippen LogP contribution in [0.15, 0.2) is 30.3 Å². The largest absolute Gasteiger partial charge is 0.345 e. The predicted molar refractivity (Wildman–Crippen MR) is 213 cm³/mol. The summed E-state index contributed by atoms with van der Waals surface area (Å²) in [5.74, 6) is -5.19. The van der Waals surface area contributed by atoms with Crippen LogP contribution in [0.4, 0.5) is 0 Å². The van der Waals surface area contributed by atoms with E-state index in [1.807, 2.05) is 26.2 Å². The van der Waals surface area contributed by atoms with Crippen LogP contribution in [-0.4, -0.2) is 120 Å². The van der Waals surface area contributed by atoms with Crippen LogP contribution in [0.1, 0.15) is 72.8 Å². The van der Waals surface area contributed by atoms with Crippen molar-refractivity contribution >= 4 is 59.0 Å². The van der Waals surface area contributed by atoms with Crippen molar-refractivity contribution in [3.8, 4) is 0 Å². The Labute approximate surface area is 333 Å². The minimum Gasteiger partial charge on any atom is -0.345 e. The first kappa shape index (κ1) is 45.7. The molecule has 0 spiro atoms. The SMILES string of the molecule is CSCC[C@@H]1NC(=O)[C@H](C(C)C)NC(=O)[C@H](CC(C)C)NC(=O)CNC(=O)[C@@H]2CCCN2C(=O)[C@H](C(C)C)NC(=O)CNC(=O)[C@H](Cc2ccccc2)NC1=O. The smallest absolute Gasteiger partial charge is 0.246 e. The summed E-state index contributed by atoms with van der Waals surface area (Å²) in [6.45, 7) is 10.0. The van der Waals surface area contributed by atoms with E-state index in [9.17, 15) is 38.4 Å². The Bertz CT molecular complexity index is 1560. The quantitative estimate of drug-likeness (QED) is 0.178. The number of nitrogens with zero attached hydrogens (tertiary/aromatic N) is 1.